The maximum atomic E-state index is 12.8. The average molecular weight is 371 g/mol. The minimum absolute atomic E-state index is 0.157. The molecule has 0 saturated heterocycles. The van der Waals surface area contributed by atoms with Gasteiger partial charge in [0, 0.05) is 28.7 Å². The monoisotopic (exact) mass is 371 g/mol. The summed E-state index contributed by atoms with van der Waals surface area (Å²) in [5, 5.41) is 8.94. The van der Waals surface area contributed by atoms with E-state index in [1.807, 2.05) is 56.3 Å². The standard InChI is InChI=1S/C23H21N3O2/c1-3-24-22(27)16-9-8-14(2)20(12-16)26-23(28)21-13-18-17-7-5-4-6-15(17)10-11-19(18)25-21/h4-13,25H,3H2,1-2H3,(H,24,27)(H,26,28). The highest BCUT2D eigenvalue weighted by Gasteiger charge is 2.14. The molecule has 0 bridgehead atoms. The Bertz CT molecular complexity index is 1210. The van der Waals surface area contributed by atoms with E-state index in [4.69, 9.17) is 0 Å². The molecule has 0 atom stereocenters. The van der Waals surface area contributed by atoms with Crippen molar-refractivity contribution >= 4 is 39.2 Å². The third kappa shape index (κ3) is 3.22. The number of aryl methyl sites for hydroxylation is 1. The lowest BCUT2D eigenvalue weighted by molar-refractivity contribution is 0.0954. The highest BCUT2D eigenvalue weighted by atomic mass is 16.2. The molecule has 1 aromatic heterocycles. The number of carbonyl (C=O) groups is 2. The summed E-state index contributed by atoms with van der Waals surface area (Å²) >= 11 is 0. The van der Waals surface area contributed by atoms with Crippen molar-refractivity contribution in [3.63, 3.8) is 0 Å². The molecule has 28 heavy (non-hydrogen) atoms. The van der Waals surface area contributed by atoms with E-state index in [1.165, 1.54) is 0 Å². The highest BCUT2D eigenvalue weighted by Crippen LogP contribution is 2.26. The maximum Gasteiger partial charge on any atom is 0.272 e. The van der Waals surface area contributed by atoms with Crippen LogP contribution in [0, 0.1) is 6.92 Å². The molecule has 3 aromatic carbocycles. The van der Waals surface area contributed by atoms with Crippen molar-refractivity contribution in [1.29, 1.82) is 0 Å². The summed E-state index contributed by atoms with van der Waals surface area (Å²) in [5.74, 6) is -0.397. The van der Waals surface area contributed by atoms with Gasteiger partial charge in [0.25, 0.3) is 11.8 Å². The fourth-order valence-electron chi connectivity index (χ4n) is 3.36. The molecule has 0 aliphatic heterocycles. The van der Waals surface area contributed by atoms with Gasteiger partial charge < -0.3 is 15.6 Å². The van der Waals surface area contributed by atoms with Crippen molar-refractivity contribution in [2.45, 2.75) is 13.8 Å². The van der Waals surface area contributed by atoms with Gasteiger partial charge in [-0.25, -0.2) is 0 Å². The number of benzene rings is 3. The van der Waals surface area contributed by atoms with Gasteiger partial charge in [0.05, 0.1) is 0 Å². The Balaban J connectivity index is 1.66. The van der Waals surface area contributed by atoms with Crippen LogP contribution in [-0.4, -0.2) is 23.3 Å². The number of hydrogen-bond acceptors (Lipinski definition) is 2. The predicted octanol–water partition coefficient (Wildman–Crippen LogP) is 4.63. The van der Waals surface area contributed by atoms with Crippen LogP contribution in [0.5, 0.6) is 0 Å². The van der Waals surface area contributed by atoms with Crippen LogP contribution in [0.2, 0.25) is 0 Å². The molecule has 140 valence electrons. The zero-order valence-corrected chi connectivity index (χ0v) is 15.8. The van der Waals surface area contributed by atoms with Crippen molar-refractivity contribution in [2.24, 2.45) is 0 Å². The Morgan fingerprint density at radius 3 is 2.57 bits per heavy atom. The van der Waals surface area contributed by atoms with Crippen LogP contribution in [-0.2, 0) is 0 Å². The largest absolute Gasteiger partial charge is 0.352 e. The minimum Gasteiger partial charge on any atom is -0.352 e. The molecule has 4 aromatic rings. The van der Waals surface area contributed by atoms with E-state index < -0.39 is 0 Å². The number of nitrogens with one attached hydrogen (secondary N) is 3. The van der Waals surface area contributed by atoms with Gasteiger partial charge in [0.15, 0.2) is 0 Å². The van der Waals surface area contributed by atoms with Gasteiger partial charge in [-0.05, 0) is 54.4 Å². The number of fused-ring (bicyclic) bond motifs is 3. The lowest BCUT2D eigenvalue weighted by Gasteiger charge is -2.10. The van der Waals surface area contributed by atoms with Crippen LogP contribution in [0.3, 0.4) is 0 Å². The fourth-order valence-corrected chi connectivity index (χ4v) is 3.36. The van der Waals surface area contributed by atoms with E-state index in [0.717, 1.165) is 27.2 Å². The van der Waals surface area contributed by atoms with Gasteiger partial charge in [0.1, 0.15) is 5.69 Å². The van der Waals surface area contributed by atoms with Crippen molar-refractivity contribution in [1.82, 2.24) is 10.3 Å². The maximum absolute atomic E-state index is 12.8. The van der Waals surface area contributed by atoms with Gasteiger partial charge in [0.2, 0.25) is 0 Å². The Kier molecular flexibility index (Phi) is 4.57. The van der Waals surface area contributed by atoms with Crippen molar-refractivity contribution in [2.75, 3.05) is 11.9 Å². The second-order valence-electron chi connectivity index (χ2n) is 6.77. The van der Waals surface area contributed by atoms with Crippen LogP contribution < -0.4 is 10.6 Å². The second-order valence-corrected chi connectivity index (χ2v) is 6.77. The molecule has 5 nitrogen and oxygen atoms in total. The molecule has 0 fully saturated rings. The summed E-state index contributed by atoms with van der Waals surface area (Å²) in [6.07, 6.45) is 0. The van der Waals surface area contributed by atoms with Crippen LogP contribution in [0.1, 0.15) is 33.3 Å². The molecule has 0 saturated carbocycles. The van der Waals surface area contributed by atoms with E-state index in [2.05, 4.69) is 21.7 Å². The molecule has 0 unspecified atom stereocenters. The SMILES string of the molecule is CCNC(=O)c1ccc(C)c(NC(=O)c2cc3c(ccc4ccccc43)[nH]2)c1. The molecule has 4 rings (SSSR count). The molecule has 0 radical (unpaired) electrons. The lowest BCUT2D eigenvalue weighted by Crippen LogP contribution is -2.23. The molecule has 1 heterocycles. The molecule has 0 aliphatic carbocycles. The van der Waals surface area contributed by atoms with Gasteiger partial charge in [-0.15, -0.1) is 0 Å². The third-order valence-corrected chi connectivity index (χ3v) is 4.86. The first-order valence-corrected chi connectivity index (χ1v) is 9.27. The lowest BCUT2D eigenvalue weighted by atomic mass is 10.1. The molecule has 0 aliphatic rings. The normalized spacial score (nSPS) is 10.9. The zero-order chi connectivity index (χ0) is 19.7. The van der Waals surface area contributed by atoms with Crippen LogP contribution >= 0.6 is 0 Å². The van der Waals surface area contributed by atoms with E-state index >= 15 is 0 Å². The molecule has 3 N–H and O–H groups in total. The zero-order valence-electron chi connectivity index (χ0n) is 15.8. The summed E-state index contributed by atoms with van der Waals surface area (Å²) in [6.45, 7) is 4.32. The van der Waals surface area contributed by atoms with Crippen LogP contribution in [0.15, 0.2) is 60.7 Å². The van der Waals surface area contributed by atoms with Crippen molar-refractivity contribution in [3.05, 3.63) is 77.5 Å². The summed E-state index contributed by atoms with van der Waals surface area (Å²) in [4.78, 5) is 28.1. The van der Waals surface area contributed by atoms with Crippen molar-refractivity contribution in [3.8, 4) is 0 Å². The number of rotatable bonds is 4. The summed E-state index contributed by atoms with van der Waals surface area (Å²) in [5.41, 5.74) is 3.43. The van der Waals surface area contributed by atoms with E-state index in [9.17, 15) is 9.59 Å². The average Bonchev–Trinajstić information content (AvgIpc) is 3.15. The summed E-state index contributed by atoms with van der Waals surface area (Å²) in [7, 11) is 0. The first kappa shape index (κ1) is 17.8. The topological polar surface area (TPSA) is 74.0 Å². The second kappa shape index (κ2) is 7.19. The first-order chi connectivity index (χ1) is 13.6. The van der Waals surface area contributed by atoms with Crippen LogP contribution in [0.25, 0.3) is 21.7 Å². The van der Waals surface area contributed by atoms with Gasteiger partial charge in [-0.2, -0.15) is 0 Å². The van der Waals surface area contributed by atoms with Crippen LogP contribution in [0.4, 0.5) is 5.69 Å². The fraction of sp³-hybridized carbons (Fsp3) is 0.130. The van der Waals surface area contributed by atoms with E-state index in [-0.39, 0.29) is 11.8 Å². The molecule has 0 spiro atoms. The minimum atomic E-state index is -0.239. The number of aromatic amines is 1. The van der Waals surface area contributed by atoms with E-state index in [0.29, 0.717) is 23.5 Å². The Morgan fingerprint density at radius 1 is 0.929 bits per heavy atom. The third-order valence-electron chi connectivity index (χ3n) is 4.86. The Labute approximate surface area is 162 Å². The summed E-state index contributed by atoms with van der Waals surface area (Å²) in [6, 6.07) is 19.3. The van der Waals surface area contributed by atoms with Crippen molar-refractivity contribution < 1.29 is 9.59 Å². The number of carbonyl (C=O) groups excluding carboxylic acids is 2. The molecular formula is C23H21N3O2. The Morgan fingerprint density at radius 2 is 1.75 bits per heavy atom. The number of H-pyrrole nitrogens is 1. The van der Waals surface area contributed by atoms with Gasteiger partial charge in [-0.1, -0.05) is 36.4 Å². The quantitative estimate of drug-likeness (QED) is 0.489. The molecule has 2 amide bonds. The highest BCUT2D eigenvalue weighted by molar-refractivity contribution is 6.12. The number of hydrogen-bond donors (Lipinski definition) is 3. The van der Waals surface area contributed by atoms with E-state index in [1.54, 1.807) is 12.1 Å². The predicted molar refractivity (Wildman–Crippen MR) is 113 cm³/mol. The number of anilines is 1. The number of amides is 2. The Hall–Kier alpha value is -3.60. The number of aromatic nitrogens is 1. The molecular weight excluding hydrogens is 350 g/mol. The van der Waals surface area contributed by atoms with Gasteiger partial charge in [-0.3, -0.25) is 9.59 Å². The first-order valence-electron chi connectivity index (χ1n) is 9.27. The van der Waals surface area contributed by atoms with Gasteiger partial charge >= 0.3 is 0 Å². The smallest absolute Gasteiger partial charge is 0.272 e. The summed E-state index contributed by atoms with van der Waals surface area (Å²) < 4.78 is 0. The molecule has 5 heteroatoms.